The van der Waals surface area contributed by atoms with Crippen molar-refractivity contribution in [2.24, 2.45) is 5.16 Å². The molecule has 5 nitrogen and oxygen atoms in total. The van der Waals surface area contributed by atoms with Crippen LogP contribution < -0.4 is 0 Å². The normalized spacial score (nSPS) is 15.7. The Bertz CT molecular complexity index is 1020. The second-order valence-electron chi connectivity index (χ2n) is 6.73. The number of amides is 1. The average molecular weight is 413 g/mol. The van der Waals surface area contributed by atoms with Crippen LogP contribution in [0.15, 0.2) is 76.5 Å². The maximum Gasteiger partial charge on any atom is 0.289 e. The molecule has 0 spiro atoms. The third-order valence-corrected chi connectivity index (χ3v) is 4.92. The molecule has 1 aliphatic heterocycles. The number of carbonyl (C=O) groups excluding carboxylic acids is 1. The number of nitrogens with zero attached hydrogens (tertiary/aromatic N) is 2. The van der Waals surface area contributed by atoms with Gasteiger partial charge in [0.1, 0.15) is 5.82 Å². The topological polar surface area (TPSA) is 55.0 Å². The number of hydrogen-bond donors (Lipinski definition) is 0. The van der Waals surface area contributed by atoms with Crippen LogP contribution in [0.3, 0.4) is 0 Å². The molecule has 0 bridgehead atoms. The van der Waals surface area contributed by atoms with Crippen molar-refractivity contribution in [2.45, 2.75) is 19.1 Å². The van der Waals surface area contributed by atoms with Gasteiger partial charge in [0, 0.05) is 23.6 Å². The van der Waals surface area contributed by atoms with Crippen molar-refractivity contribution in [1.82, 2.24) is 4.90 Å². The summed E-state index contributed by atoms with van der Waals surface area (Å²) in [5.41, 5.74) is 2.11. The van der Waals surface area contributed by atoms with E-state index in [9.17, 15) is 9.18 Å². The molecule has 0 N–H and O–H groups in total. The van der Waals surface area contributed by atoms with E-state index in [0.717, 1.165) is 11.3 Å². The van der Waals surface area contributed by atoms with Crippen LogP contribution in [0.4, 0.5) is 4.39 Å². The highest BCUT2D eigenvalue weighted by molar-refractivity contribution is 6.30. The molecule has 0 aliphatic carbocycles. The summed E-state index contributed by atoms with van der Waals surface area (Å²) in [5.74, 6) is -0.504. The molecule has 0 fully saturated rings. The molecule has 4 rings (SSSR count). The smallest absolute Gasteiger partial charge is 0.289 e. The quantitative estimate of drug-likeness (QED) is 0.578. The molecule has 1 amide bonds. The van der Waals surface area contributed by atoms with E-state index < -0.39 is 0 Å². The largest absolute Gasteiger partial charge is 0.459 e. The molecule has 0 saturated heterocycles. The Morgan fingerprint density at radius 1 is 1.14 bits per heavy atom. The lowest BCUT2D eigenvalue weighted by Crippen LogP contribution is -2.37. The zero-order valence-electron chi connectivity index (χ0n) is 15.4. The SMILES string of the molecule is O=C(c1ccco1)N(Cc1ccccc1F)C[C@@H]1CC(c2ccc(Cl)cc2)=NO1. The summed E-state index contributed by atoms with van der Waals surface area (Å²) in [5, 5.41) is 4.80. The van der Waals surface area contributed by atoms with Crippen molar-refractivity contribution in [2.75, 3.05) is 6.54 Å². The molecule has 0 saturated carbocycles. The van der Waals surface area contributed by atoms with Gasteiger partial charge in [0.25, 0.3) is 5.91 Å². The second kappa shape index (κ2) is 8.49. The average Bonchev–Trinajstić information content (AvgIpc) is 3.41. The molecule has 1 aliphatic rings. The summed E-state index contributed by atoms with van der Waals surface area (Å²) in [6.45, 7) is 0.344. The van der Waals surface area contributed by atoms with Gasteiger partial charge >= 0.3 is 0 Å². The van der Waals surface area contributed by atoms with Crippen LogP contribution >= 0.6 is 11.6 Å². The number of hydrogen-bond acceptors (Lipinski definition) is 4. The van der Waals surface area contributed by atoms with Crippen LogP contribution in [0, 0.1) is 5.82 Å². The second-order valence-corrected chi connectivity index (χ2v) is 7.17. The molecule has 1 atom stereocenters. The summed E-state index contributed by atoms with van der Waals surface area (Å²) in [6, 6.07) is 16.9. The molecule has 1 aromatic heterocycles. The van der Waals surface area contributed by atoms with Crippen LogP contribution in [0.25, 0.3) is 0 Å². The van der Waals surface area contributed by atoms with Crippen molar-refractivity contribution >= 4 is 23.2 Å². The molecule has 0 unspecified atom stereocenters. The molecule has 148 valence electrons. The van der Waals surface area contributed by atoms with E-state index in [-0.39, 0.29) is 36.7 Å². The predicted molar refractivity (Wildman–Crippen MR) is 107 cm³/mol. The maximum absolute atomic E-state index is 14.2. The summed E-state index contributed by atoms with van der Waals surface area (Å²) < 4.78 is 19.4. The number of benzene rings is 2. The van der Waals surface area contributed by atoms with Gasteiger partial charge in [-0.25, -0.2) is 4.39 Å². The Morgan fingerprint density at radius 3 is 2.66 bits per heavy atom. The minimum Gasteiger partial charge on any atom is -0.459 e. The summed E-state index contributed by atoms with van der Waals surface area (Å²) in [7, 11) is 0. The van der Waals surface area contributed by atoms with E-state index in [1.165, 1.54) is 17.2 Å². The van der Waals surface area contributed by atoms with Crippen molar-refractivity contribution in [3.8, 4) is 0 Å². The maximum atomic E-state index is 14.2. The first kappa shape index (κ1) is 19.2. The lowest BCUT2D eigenvalue weighted by atomic mass is 10.0. The molecule has 7 heteroatoms. The first-order valence-electron chi connectivity index (χ1n) is 9.15. The van der Waals surface area contributed by atoms with E-state index in [4.69, 9.17) is 20.9 Å². The van der Waals surface area contributed by atoms with Gasteiger partial charge in [-0.3, -0.25) is 4.79 Å². The minimum atomic E-state index is -0.366. The van der Waals surface area contributed by atoms with E-state index in [0.29, 0.717) is 17.0 Å². The van der Waals surface area contributed by atoms with Crippen LogP contribution in [0.1, 0.15) is 28.1 Å². The Kier molecular flexibility index (Phi) is 5.62. The van der Waals surface area contributed by atoms with Crippen molar-refractivity contribution in [3.05, 3.63) is 94.7 Å². The molecular formula is C22H18ClFN2O3. The van der Waals surface area contributed by atoms with Gasteiger partial charge in [-0.1, -0.05) is 47.1 Å². The van der Waals surface area contributed by atoms with E-state index >= 15 is 0 Å². The van der Waals surface area contributed by atoms with E-state index in [1.807, 2.05) is 12.1 Å². The van der Waals surface area contributed by atoms with Crippen LogP contribution in [0.2, 0.25) is 5.02 Å². The fraction of sp³-hybridized carbons (Fsp3) is 0.182. The Hall–Kier alpha value is -3.12. The number of oxime groups is 1. The van der Waals surface area contributed by atoms with E-state index in [1.54, 1.807) is 42.5 Å². The number of halogens is 2. The van der Waals surface area contributed by atoms with Crippen molar-refractivity contribution in [1.29, 1.82) is 0 Å². The van der Waals surface area contributed by atoms with E-state index in [2.05, 4.69) is 5.16 Å². The highest BCUT2D eigenvalue weighted by atomic mass is 35.5. The molecule has 2 heterocycles. The molecular weight excluding hydrogens is 395 g/mol. The highest BCUT2D eigenvalue weighted by Gasteiger charge is 2.28. The molecule has 2 aromatic carbocycles. The third kappa shape index (κ3) is 4.49. The lowest BCUT2D eigenvalue weighted by Gasteiger charge is -2.24. The van der Waals surface area contributed by atoms with Gasteiger partial charge < -0.3 is 14.2 Å². The summed E-state index contributed by atoms with van der Waals surface area (Å²) in [4.78, 5) is 20.0. The minimum absolute atomic E-state index is 0.0995. The molecule has 3 aromatic rings. The van der Waals surface area contributed by atoms with Crippen molar-refractivity contribution in [3.63, 3.8) is 0 Å². The van der Waals surface area contributed by atoms with Crippen LogP contribution in [-0.2, 0) is 11.4 Å². The standard InChI is InChI=1S/C22H18ClFN2O3/c23-17-9-7-15(8-10-17)20-12-18(29-25-20)14-26(22(27)21-6-3-11-28-21)13-16-4-1-2-5-19(16)24/h1-11,18H,12-14H2/t18-/m0/s1. The van der Waals surface area contributed by atoms with Gasteiger partial charge in [0.2, 0.25) is 0 Å². The fourth-order valence-corrected chi connectivity index (χ4v) is 3.32. The Morgan fingerprint density at radius 2 is 1.93 bits per heavy atom. The van der Waals surface area contributed by atoms with Gasteiger partial charge in [-0.05, 0) is 35.9 Å². The fourth-order valence-electron chi connectivity index (χ4n) is 3.19. The number of furan rings is 1. The van der Waals surface area contributed by atoms with Crippen molar-refractivity contribution < 1.29 is 18.4 Å². The molecule has 29 heavy (non-hydrogen) atoms. The zero-order valence-corrected chi connectivity index (χ0v) is 16.2. The summed E-state index contributed by atoms with van der Waals surface area (Å²) >= 11 is 5.93. The first-order valence-corrected chi connectivity index (χ1v) is 9.53. The highest BCUT2D eigenvalue weighted by Crippen LogP contribution is 2.21. The first-order chi connectivity index (χ1) is 14.1. The van der Waals surface area contributed by atoms with Gasteiger partial charge in [-0.2, -0.15) is 0 Å². The lowest BCUT2D eigenvalue weighted by molar-refractivity contribution is 0.0385. The monoisotopic (exact) mass is 412 g/mol. The Balaban J connectivity index is 1.49. The van der Waals surface area contributed by atoms with Crippen LogP contribution in [-0.4, -0.2) is 29.2 Å². The molecule has 0 radical (unpaired) electrons. The van der Waals surface area contributed by atoms with Gasteiger partial charge in [-0.15, -0.1) is 0 Å². The third-order valence-electron chi connectivity index (χ3n) is 4.67. The number of carbonyl (C=O) groups is 1. The predicted octanol–water partition coefficient (Wildman–Crippen LogP) is 4.91. The van der Waals surface area contributed by atoms with Gasteiger partial charge in [0.15, 0.2) is 11.9 Å². The zero-order chi connectivity index (χ0) is 20.2. The summed E-state index contributed by atoms with van der Waals surface area (Å²) in [6.07, 6.45) is 1.62. The number of rotatable bonds is 6. The van der Waals surface area contributed by atoms with Crippen LogP contribution in [0.5, 0.6) is 0 Å². The van der Waals surface area contributed by atoms with Gasteiger partial charge in [0.05, 0.1) is 18.5 Å². The Labute approximate surface area is 172 Å².